The van der Waals surface area contributed by atoms with E-state index < -0.39 is 0 Å². The van der Waals surface area contributed by atoms with Crippen molar-refractivity contribution in [2.45, 2.75) is 19.8 Å². The highest BCUT2D eigenvalue weighted by Gasteiger charge is 2.08. The van der Waals surface area contributed by atoms with Crippen molar-refractivity contribution in [3.63, 3.8) is 0 Å². The maximum absolute atomic E-state index is 8.73. The van der Waals surface area contributed by atoms with Crippen molar-refractivity contribution < 1.29 is 0 Å². The van der Waals surface area contributed by atoms with Crippen LogP contribution in [0.5, 0.6) is 0 Å². The lowest BCUT2D eigenvalue weighted by Crippen LogP contribution is -1.91. The van der Waals surface area contributed by atoms with E-state index in [-0.39, 0.29) is 0 Å². The first kappa shape index (κ1) is 11.6. The molecular weight excluding hydrogens is 230 g/mol. The summed E-state index contributed by atoms with van der Waals surface area (Å²) in [5.74, 6) is 0. The standard InChI is InChI=1S/C13H13N3S/c1-2-11-12(17-13(15)16-11)7-9-3-5-10(8-14)6-4-9/h3-6H,2,7H2,1H3,(H2,15,16). The molecule has 1 heterocycles. The van der Waals surface area contributed by atoms with Gasteiger partial charge in [0.15, 0.2) is 5.13 Å². The highest BCUT2D eigenvalue weighted by molar-refractivity contribution is 7.15. The SMILES string of the molecule is CCc1nc(N)sc1Cc1ccc(C#N)cc1. The van der Waals surface area contributed by atoms with Gasteiger partial charge in [-0.3, -0.25) is 0 Å². The van der Waals surface area contributed by atoms with Crippen molar-refractivity contribution in [1.82, 2.24) is 4.98 Å². The summed E-state index contributed by atoms with van der Waals surface area (Å²) < 4.78 is 0. The summed E-state index contributed by atoms with van der Waals surface area (Å²) in [6.45, 7) is 2.08. The second kappa shape index (κ2) is 4.98. The molecule has 0 spiro atoms. The fourth-order valence-corrected chi connectivity index (χ4v) is 2.66. The van der Waals surface area contributed by atoms with Crippen LogP contribution in [-0.4, -0.2) is 4.98 Å². The van der Waals surface area contributed by atoms with Crippen LogP contribution >= 0.6 is 11.3 Å². The Labute approximate surface area is 105 Å². The maximum atomic E-state index is 8.73. The van der Waals surface area contributed by atoms with E-state index in [9.17, 15) is 0 Å². The van der Waals surface area contributed by atoms with E-state index in [4.69, 9.17) is 11.0 Å². The minimum Gasteiger partial charge on any atom is -0.375 e. The number of benzene rings is 1. The number of nitrogens with zero attached hydrogens (tertiary/aromatic N) is 2. The average Bonchev–Trinajstić information content (AvgIpc) is 2.70. The number of thiazole rings is 1. The Morgan fingerprint density at radius 1 is 1.35 bits per heavy atom. The normalized spacial score (nSPS) is 10.1. The fourth-order valence-electron chi connectivity index (χ4n) is 1.70. The maximum Gasteiger partial charge on any atom is 0.180 e. The summed E-state index contributed by atoms with van der Waals surface area (Å²) in [4.78, 5) is 5.52. The van der Waals surface area contributed by atoms with Gasteiger partial charge in [-0.05, 0) is 24.1 Å². The predicted molar refractivity (Wildman–Crippen MR) is 69.9 cm³/mol. The van der Waals surface area contributed by atoms with Gasteiger partial charge in [-0.15, -0.1) is 11.3 Å². The third kappa shape index (κ3) is 2.63. The molecule has 0 aliphatic carbocycles. The monoisotopic (exact) mass is 243 g/mol. The number of hydrogen-bond acceptors (Lipinski definition) is 4. The third-order valence-electron chi connectivity index (χ3n) is 2.58. The smallest absolute Gasteiger partial charge is 0.180 e. The highest BCUT2D eigenvalue weighted by atomic mass is 32.1. The van der Waals surface area contributed by atoms with Crippen LogP contribution in [0.2, 0.25) is 0 Å². The largest absolute Gasteiger partial charge is 0.375 e. The number of aryl methyl sites for hydroxylation is 1. The molecule has 0 atom stereocenters. The Morgan fingerprint density at radius 2 is 2.06 bits per heavy atom. The molecule has 2 N–H and O–H groups in total. The fraction of sp³-hybridized carbons (Fsp3) is 0.231. The van der Waals surface area contributed by atoms with Gasteiger partial charge in [0.1, 0.15) is 0 Å². The number of nitrogens with two attached hydrogens (primary N) is 1. The van der Waals surface area contributed by atoms with E-state index >= 15 is 0 Å². The minimum absolute atomic E-state index is 0.630. The molecule has 2 rings (SSSR count). The third-order valence-corrected chi connectivity index (χ3v) is 3.50. The van der Waals surface area contributed by atoms with Crippen molar-refractivity contribution in [3.05, 3.63) is 46.0 Å². The van der Waals surface area contributed by atoms with Crippen LogP contribution in [0.25, 0.3) is 0 Å². The topological polar surface area (TPSA) is 62.7 Å². The Morgan fingerprint density at radius 3 is 2.65 bits per heavy atom. The van der Waals surface area contributed by atoms with Crippen LogP contribution in [0, 0.1) is 11.3 Å². The number of aromatic nitrogens is 1. The van der Waals surface area contributed by atoms with Gasteiger partial charge < -0.3 is 5.73 Å². The number of nitrogen functional groups attached to an aromatic ring is 1. The van der Waals surface area contributed by atoms with Crippen molar-refractivity contribution in [3.8, 4) is 6.07 Å². The van der Waals surface area contributed by atoms with Gasteiger partial charge in [-0.2, -0.15) is 5.26 Å². The van der Waals surface area contributed by atoms with Gasteiger partial charge in [-0.25, -0.2) is 4.98 Å². The van der Waals surface area contributed by atoms with Crippen LogP contribution in [0.1, 0.15) is 28.6 Å². The number of nitriles is 1. The van der Waals surface area contributed by atoms with Crippen LogP contribution < -0.4 is 5.73 Å². The summed E-state index contributed by atoms with van der Waals surface area (Å²) in [7, 11) is 0. The zero-order valence-electron chi connectivity index (χ0n) is 9.60. The molecule has 3 nitrogen and oxygen atoms in total. The molecule has 4 heteroatoms. The van der Waals surface area contributed by atoms with E-state index in [1.807, 2.05) is 24.3 Å². The molecule has 1 aromatic carbocycles. The van der Waals surface area contributed by atoms with Gasteiger partial charge in [0.25, 0.3) is 0 Å². The van der Waals surface area contributed by atoms with E-state index in [0.29, 0.717) is 10.7 Å². The molecule has 86 valence electrons. The lowest BCUT2D eigenvalue weighted by molar-refractivity contribution is 1.02. The van der Waals surface area contributed by atoms with Gasteiger partial charge in [0.2, 0.25) is 0 Å². The van der Waals surface area contributed by atoms with Crippen molar-refractivity contribution in [2.75, 3.05) is 5.73 Å². The van der Waals surface area contributed by atoms with Crippen LogP contribution in [0.15, 0.2) is 24.3 Å². The van der Waals surface area contributed by atoms with Crippen molar-refractivity contribution in [1.29, 1.82) is 5.26 Å². The highest BCUT2D eigenvalue weighted by Crippen LogP contribution is 2.24. The molecule has 0 amide bonds. The van der Waals surface area contributed by atoms with Gasteiger partial charge in [-0.1, -0.05) is 19.1 Å². The average molecular weight is 243 g/mol. The predicted octanol–water partition coefficient (Wildman–Crippen LogP) is 2.75. The van der Waals surface area contributed by atoms with Gasteiger partial charge >= 0.3 is 0 Å². The lowest BCUT2D eigenvalue weighted by atomic mass is 10.1. The Balaban J connectivity index is 2.22. The van der Waals surface area contributed by atoms with E-state index in [2.05, 4.69) is 18.0 Å². The Hall–Kier alpha value is -1.86. The first-order valence-electron chi connectivity index (χ1n) is 5.46. The van der Waals surface area contributed by atoms with E-state index in [0.717, 1.165) is 18.5 Å². The van der Waals surface area contributed by atoms with Gasteiger partial charge in [0.05, 0.1) is 17.3 Å². The van der Waals surface area contributed by atoms with Gasteiger partial charge in [0, 0.05) is 11.3 Å². The molecule has 2 aromatic rings. The Kier molecular flexibility index (Phi) is 3.40. The molecule has 17 heavy (non-hydrogen) atoms. The second-order valence-corrected chi connectivity index (χ2v) is 4.88. The molecule has 0 radical (unpaired) electrons. The van der Waals surface area contributed by atoms with Crippen molar-refractivity contribution >= 4 is 16.5 Å². The minimum atomic E-state index is 0.630. The quantitative estimate of drug-likeness (QED) is 0.901. The molecule has 0 aliphatic rings. The van der Waals surface area contributed by atoms with E-state index in [1.54, 1.807) is 11.3 Å². The number of anilines is 1. The second-order valence-electron chi connectivity index (χ2n) is 3.76. The zero-order chi connectivity index (χ0) is 12.3. The van der Waals surface area contributed by atoms with Crippen molar-refractivity contribution in [2.24, 2.45) is 0 Å². The first-order chi connectivity index (χ1) is 8.22. The first-order valence-corrected chi connectivity index (χ1v) is 6.27. The van der Waals surface area contributed by atoms with Crippen LogP contribution in [0.3, 0.4) is 0 Å². The van der Waals surface area contributed by atoms with Crippen LogP contribution in [-0.2, 0) is 12.8 Å². The molecule has 0 saturated carbocycles. The molecule has 0 aliphatic heterocycles. The molecule has 0 saturated heterocycles. The summed E-state index contributed by atoms with van der Waals surface area (Å²) in [5, 5.41) is 9.36. The molecule has 0 unspecified atom stereocenters. The number of hydrogen-bond donors (Lipinski definition) is 1. The molecular formula is C13H13N3S. The summed E-state index contributed by atoms with van der Waals surface area (Å²) >= 11 is 1.55. The molecule has 1 aromatic heterocycles. The summed E-state index contributed by atoms with van der Waals surface area (Å²) in [5.41, 5.74) is 8.67. The van der Waals surface area contributed by atoms with E-state index in [1.165, 1.54) is 10.4 Å². The lowest BCUT2D eigenvalue weighted by Gasteiger charge is -2.00. The summed E-state index contributed by atoms with van der Waals surface area (Å²) in [6, 6.07) is 9.75. The molecule has 0 bridgehead atoms. The summed E-state index contributed by atoms with van der Waals surface area (Å²) in [6.07, 6.45) is 1.74. The zero-order valence-corrected chi connectivity index (χ0v) is 10.4. The van der Waals surface area contributed by atoms with Crippen LogP contribution in [0.4, 0.5) is 5.13 Å². The molecule has 0 fully saturated rings. The number of rotatable bonds is 3. The Bertz CT molecular complexity index is 549.